The van der Waals surface area contributed by atoms with E-state index in [0.717, 1.165) is 43.3 Å². The lowest BCUT2D eigenvalue weighted by Crippen LogP contribution is -2.62. The highest BCUT2D eigenvalue weighted by molar-refractivity contribution is 8.00. The Labute approximate surface area is 806 Å². The number of fused-ring (bicyclic) bond motifs is 2. The van der Waals surface area contributed by atoms with Crippen molar-refractivity contribution in [1.82, 2.24) is 82.3 Å². The first-order chi connectivity index (χ1) is 66.0. The average Bonchev–Trinajstić information content (AvgIpc) is 1.77. The van der Waals surface area contributed by atoms with Crippen molar-refractivity contribution in [2.75, 3.05) is 59.8 Å². The fourth-order valence-electron chi connectivity index (χ4n) is 16.4. The van der Waals surface area contributed by atoms with Gasteiger partial charge in [-0.1, -0.05) is 145 Å². The van der Waals surface area contributed by atoms with Crippen LogP contribution < -0.4 is 47.9 Å². The van der Waals surface area contributed by atoms with Crippen LogP contribution in [0, 0.1) is 29.3 Å². The summed E-state index contributed by atoms with van der Waals surface area (Å²) in [5, 5.41) is 66.7. The highest BCUT2D eigenvalue weighted by Gasteiger charge is 2.44. The lowest BCUT2D eigenvalue weighted by atomic mass is 9.98. The maximum absolute atomic E-state index is 15.8. The number of nitrogens with one attached hydrogen (secondary N) is 11. The van der Waals surface area contributed by atoms with Crippen LogP contribution in [0.2, 0.25) is 0 Å². The van der Waals surface area contributed by atoms with Crippen molar-refractivity contribution in [3.63, 3.8) is 0 Å². The van der Waals surface area contributed by atoms with Crippen LogP contribution in [0.4, 0.5) is 13.2 Å². The number of aromatic nitrogens is 2. The number of aromatic hydroxyl groups is 2. The first-order valence-electron chi connectivity index (χ1n) is 45.9. The summed E-state index contributed by atoms with van der Waals surface area (Å²) in [6, 6.07) is 13.9. The van der Waals surface area contributed by atoms with Crippen molar-refractivity contribution < 1.29 is 110 Å². The molecule has 0 aliphatic carbocycles. The number of carbonyl (C=O) groups excluding carboxylic acids is 14. The van der Waals surface area contributed by atoms with Crippen LogP contribution in [-0.2, 0) is 115 Å². The maximum atomic E-state index is 15.8. The lowest BCUT2D eigenvalue weighted by Gasteiger charge is -2.37. The van der Waals surface area contributed by atoms with Crippen molar-refractivity contribution in [1.29, 1.82) is 0 Å². The van der Waals surface area contributed by atoms with Gasteiger partial charge >= 0.3 is 11.9 Å². The Kier molecular flexibility index (Phi) is 39.9. The molecule has 8 aromatic rings. The van der Waals surface area contributed by atoms with Gasteiger partial charge in [0.1, 0.15) is 84.0 Å². The molecule has 1 aliphatic rings. The molecule has 40 heteroatoms. The smallest absolute Gasteiger partial charge is 0.305 e. The van der Waals surface area contributed by atoms with Gasteiger partial charge in [0.05, 0.1) is 18.7 Å². The number of thioether (sulfide) groups is 1. The number of phenolic OH excluding ortho intramolecular Hbond substituents is 2. The molecule has 12 atom stereocenters. The highest BCUT2D eigenvalue weighted by atomic mass is 32.2. The van der Waals surface area contributed by atoms with E-state index >= 15 is 56.7 Å². The number of carbonyl (C=O) groups is 16. The number of rotatable bonds is 26. The van der Waals surface area contributed by atoms with Crippen LogP contribution in [0.5, 0.6) is 11.5 Å². The largest absolute Gasteiger partial charge is 0.508 e. The summed E-state index contributed by atoms with van der Waals surface area (Å²) in [6.45, 7) is 9.19. The minimum atomic E-state index is -1.99. The maximum Gasteiger partial charge on any atom is 0.305 e. The van der Waals surface area contributed by atoms with E-state index in [0.29, 0.717) is 74.6 Å². The predicted octanol–water partition coefficient (Wildman–Crippen LogP) is 5.38. The normalized spacial score (nSPS) is 21.8. The number of hydrogen-bond donors (Lipinski definition) is 15. The van der Waals surface area contributed by atoms with Gasteiger partial charge in [-0.15, -0.1) is 11.8 Å². The minimum absolute atomic E-state index is 0.0779. The molecule has 1 aliphatic heterocycles. The number of halogens is 3. The lowest BCUT2D eigenvalue weighted by molar-refractivity contribution is -0.151. The molecule has 1 saturated heterocycles. The van der Waals surface area contributed by atoms with Crippen LogP contribution in [0.1, 0.15) is 126 Å². The number of aromatic amines is 2. The Morgan fingerprint density at radius 1 is 0.446 bits per heavy atom. The molecule has 0 spiro atoms. The topological polar surface area (TPSA) is 510 Å². The number of H-pyrrole nitrogens is 2. The molecule has 2 aromatic heterocycles. The van der Waals surface area contributed by atoms with Gasteiger partial charge in [-0.3, -0.25) is 76.7 Å². The zero-order chi connectivity index (χ0) is 102. The molecule has 15 N–H and O–H groups in total. The number of carboxylic acids is 2. The standard InChI is InChI=1S/C99H123F3N16O20S/c1-12-14-28-79-97(136)114(7)52-82(121)106-74(49-85(125)126)92(131)113-87(56(5)6)99(138)117(10)80(46-57-22-16-15-17-23-57)94(133)111-76(44-59-31-35-64(120)36-32-59)96(135)115(8)78(37-38-84(123)124)93(132)110-73(47-61-50-104-69-26-20-18-24-65(61)69)91(130)109-72(43-58-29-33-63(119)34-30-58)90(129)108-71(40-55(3)4)89(128)112-77(88(127)103-39-13-2)53-139-54-83(122)107-75(45-60-41-67(100)86(102)68(101)42-60)95(134)118(11)81(98(137)116(79)9)48-62-51-105-70-27-21-19-25-66(62)70/h15-27,29-36,41-42,50-51,55-56,71-81,87,104-105,119-120H,12-14,28,37-40,43-49,52-54H2,1-11H3,(H,103,127)(H,106,121)(H,107,122)(H,108,129)(H,109,130)(H,110,132)(H,111,133)(H,112,128)(H,113,131)(H,123,124)(H,125,126). The molecule has 1 fully saturated rings. The summed E-state index contributed by atoms with van der Waals surface area (Å²) in [6.07, 6.45) is -1.08. The molecule has 0 bridgehead atoms. The molecule has 0 radical (unpaired) electrons. The van der Waals surface area contributed by atoms with Gasteiger partial charge in [0.25, 0.3) is 0 Å². The van der Waals surface area contributed by atoms with Gasteiger partial charge < -0.3 is 103 Å². The molecule has 0 saturated carbocycles. The molecule has 14 amide bonds. The van der Waals surface area contributed by atoms with E-state index < -0.39 is 247 Å². The number of likely N-dealkylation sites (N-methyl/N-ethyl adjacent to an activating group) is 5. The van der Waals surface area contributed by atoms with Crippen molar-refractivity contribution in [2.45, 2.75) is 204 Å². The van der Waals surface area contributed by atoms with Gasteiger partial charge in [0, 0.05) is 127 Å². The van der Waals surface area contributed by atoms with Crippen molar-refractivity contribution in [3.8, 4) is 11.5 Å². The molecule has 746 valence electrons. The summed E-state index contributed by atoms with van der Waals surface area (Å²) in [5.74, 6) is -25.1. The molecule has 9 rings (SSSR count). The number of phenols is 2. The summed E-state index contributed by atoms with van der Waals surface area (Å²) in [4.78, 5) is 250. The third kappa shape index (κ3) is 30.6. The summed E-state index contributed by atoms with van der Waals surface area (Å²) >= 11 is 0.758. The Hall–Kier alpha value is -14.3. The number of aliphatic carboxylic acids is 2. The molecule has 36 nitrogen and oxygen atoms in total. The highest BCUT2D eigenvalue weighted by Crippen LogP contribution is 2.28. The molecular weight excluding hydrogens is 1820 g/mol. The Morgan fingerprint density at radius 3 is 1.47 bits per heavy atom. The molecule has 12 unspecified atom stereocenters. The van der Waals surface area contributed by atoms with Gasteiger partial charge in [-0.25, -0.2) is 13.2 Å². The number of benzene rings is 6. The van der Waals surface area contributed by atoms with Crippen LogP contribution in [-0.4, -0.2) is 282 Å². The first-order valence-corrected chi connectivity index (χ1v) is 47.0. The Bertz CT molecular complexity index is 5690. The van der Waals surface area contributed by atoms with Crippen LogP contribution >= 0.6 is 11.8 Å². The van der Waals surface area contributed by atoms with Crippen LogP contribution in [0.3, 0.4) is 0 Å². The fourth-order valence-corrected chi connectivity index (χ4v) is 17.3. The van der Waals surface area contributed by atoms with E-state index in [1.165, 1.54) is 90.6 Å². The Balaban J connectivity index is 1.16. The van der Waals surface area contributed by atoms with Crippen molar-refractivity contribution in [2.24, 2.45) is 11.8 Å². The summed E-state index contributed by atoms with van der Waals surface area (Å²) in [5.41, 5.74) is 2.80. The zero-order valence-corrected chi connectivity index (χ0v) is 80.2. The monoisotopic (exact) mass is 1940 g/mol. The second kappa shape index (κ2) is 51.2. The zero-order valence-electron chi connectivity index (χ0n) is 79.3. The van der Waals surface area contributed by atoms with E-state index in [1.54, 1.807) is 119 Å². The molecule has 139 heavy (non-hydrogen) atoms. The number of para-hydroxylation sites is 2. The van der Waals surface area contributed by atoms with E-state index in [2.05, 4.69) is 57.8 Å². The number of nitrogens with zero attached hydrogens (tertiary/aromatic N) is 5. The number of hydrogen-bond acceptors (Lipinski definition) is 19. The molecule has 6 aromatic carbocycles. The first kappa shape index (κ1) is 108. The number of unbranched alkanes of at least 4 members (excludes halogenated alkanes) is 1. The third-order valence-corrected chi connectivity index (χ3v) is 25.2. The predicted molar refractivity (Wildman–Crippen MR) is 511 cm³/mol. The van der Waals surface area contributed by atoms with E-state index in [1.807, 2.05) is 0 Å². The van der Waals surface area contributed by atoms with Crippen LogP contribution in [0.15, 0.2) is 152 Å². The van der Waals surface area contributed by atoms with Gasteiger partial charge in [-0.05, 0) is 119 Å². The molecule has 3 heterocycles. The van der Waals surface area contributed by atoms with Crippen LogP contribution in [0.25, 0.3) is 21.8 Å². The fraction of sp³-hybridized carbons (Fsp3) is 0.434. The van der Waals surface area contributed by atoms with E-state index in [-0.39, 0.29) is 68.6 Å². The number of amides is 14. The quantitative estimate of drug-likeness (QED) is 0.0302. The summed E-state index contributed by atoms with van der Waals surface area (Å²) in [7, 11) is 6.04. The SMILES string of the molecule is CCCCC1C(=O)N(C)CC(=O)NC(CC(=O)O)C(=O)NC(C(C)C)C(=O)N(C)C(Cc2ccccc2)C(=O)NC(Cc2ccc(O)cc2)C(=O)N(C)C(CCC(=O)O)C(=O)NC(Cc2c[nH]c3ccccc23)C(=O)NC(Cc2ccc(O)cc2)C(=O)NC(CC(C)C)C(=O)NC(C(=O)NCCC)CSCC(=O)NC(Cc2cc(F)c(F)c(F)c2)C(=O)N(C)C(Cc2c[nH]c3ccccc23)C(=O)N1C. The second-order valence-corrected chi connectivity index (χ2v) is 36.6. The minimum Gasteiger partial charge on any atom is -0.508 e. The number of carboxylic acid groups (broad SMARTS) is 2. The second-order valence-electron chi connectivity index (χ2n) is 35.6. The Morgan fingerprint density at radius 2 is 0.914 bits per heavy atom. The van der Waals surface area contributed by atoms with Crippen molar-refractivity contribution >= 4 is 128 Å². The van der Waals surface area contributed by atoms with Gasteiger partial charge in [-0.2, -0.15) is 0 Å². The summed E-state index contributed by atoms with van der Waals surface area (Å²) < 4.78 is 45.3. The van der Waals surface area contributed by atoms with E-state index in [9.17, 15) is 53.6 Å². The average molecular weight is 1950 g/mol. The van der Waals surface area contributed by atoms with Gasteiger partial charge in [0.15, 0.2) is 17.5 Å². The van der Waals surface area contributed by atoms with E-state index in [4.69, 9.17) is 0 Å². The molecular formula is C99H123F3N16O20S. The van der Waals surface area contributed by atoms with Crippen molar-refractivity contribution in [3.05, 3.63) is 203 Å². The van der Waals surface area contributed by atoms with Gasteiger partial charge in [0.2, 0.25) is 82.7 Å². The third-order valence-electron chi connectivity index (χ3n) is 24.2.